The van der Waals surface area contributed by atoms with Crippen molar-refractivity contribution in [2.75, 3.05) is 26.7 Å². The van der Waals surface area contributed by atoms with Crippen molar-refractivity contribution in [3.8, 4) is 5.75 Å². The van der Waals surface area contributed by atoms with Crippen LogP contribution in [0.25, 0.3) is 0 Å². The first-order valence-electron chi connectivity index (χ1n) is 9.85. The van der Waals surface area contributed by atoms with Crippen molar-refractivity contribution in [3.05, 3.63) is 47.8 Å². The largest absolute Gasteiger partial charge is 0.497 e. The number of fused-ring (bicyclic) bond motifs is 4. The molecular formula is C21H28N4O2. The molecule has 3 saturated heterocycles. The highest BCUT2D eigenvalue weighted by Crippen LogP contribution is 2.30. The van der Waals surface area contributed by atoms with E-state index in [-0.39, 0.29) is 5.91 Å². The van der Waals surface area contributed by atoms with Crippen molar-refractivity contribution >= 4 is 5.91 Å². The molecule has 1 aromatic heterocycles. The molecule has 3 fully saturated rings. The Hall–Kier alpha value is -2.34. The van der Waals surface area contributed by atoms with Crippen LogP contribution < -0.4 is 4.74 Å². The summed E-state index contributed by atoms with van der Waals surface area (Å²) < 4.78 is 7.07. The Morgan fingerprint density at radius 2 is 2.00 bits per heavy atom. The lowest BCUT2D eigenvalue weighted by Gasteiger charge is -2.36. The molecule has 2 bridgehead atoms. The molecule has 2 aromatic rings. The molecule has 4 heterocycles. The zero-order valence-corrected chi connectivity index (χ0v) is 16.2. The van der Waals surface area contributed by atoms with Crippen LogP contribution in [0.3, 0.4) is 0 Å². The van der Waals surface area contributed by atoms with Crippen molar-refractivity contribution in [3.63, 3.8) is 0 Å². The Kier molecular flexibility index (Phi) is 5.16. The van der Waals surface area contributed by atoms with Crippen LogP contribution in [0.2, 0.25) is 0 Å². The van der Waals surface area contributed by atoms with Gasteiger partial charge in [0.1, 0.15) is 5.75 Å². The second-order valence-electron chi connectivity index (χ2n) is 7.68. The molecule has 6 nitrogen and oxygen atoms in total. The molecule has 3 aliphatic rings. The minimum Gasteiger partial charge on any atom is -0.497 e. The molecule has 0 aliphatic carbocycles. The molecule has 0 unspecified atom stereocenters. The summed E-state index contributed by atoms with van der Waals surface area (Å²) in [6.07, 6.45) is 5.88. The van der Waals surface area contributed by atoms with Crippen molar-refractivity contribution in [1.82, 2.24) is 19.6 Å². The Labute approximate surface area is 160 Å². The van der Waals surface area contributed by atoms with Crippen LogP contribution >= 0.6 is 0 Å². The van der Waals surface area contributed by atoms with E-state index in [1.807, 2.05) is 29.9 Å². The van der Waals surface area contributed by atoms with Crippen molar-refractivity contribution in [2.24, 2.45) is 5.92 Å². The number of hydrogen-bond acceptors (Lipinski definition) is 4. The van der Waals surface area contributed by atoms with Gasteiger partial charge in [0.05, 0.1) is 18.9 Å². The van der Waals surface area contributed by atoms with Crippen LogP contribution in [-0.2, 0) is 13.1 Å². The Bertz CT molecular complexity index is 786. The van der Waals surface area contributed by atoms with Gasteiger partial charge in [0.15, 0.2) is 0 Å². The summed E-state index contributed by atoms with van der Waals surface area (Å²) >= 11 is 0. The van der Waals surface area contributed by atoms with E-state index in [9.17, 15) is 4.79 Å². The number of carbonyl (C=O) groups is 1. The molecule has 1 aromatic carbocycles. The number of hydrogen-bond donors (Lipinski definition) is 0. The maximum absolute atomic E-state index is 13.0. The standard InChI is InChI=1S/C21H28N4O2/c1-3-24-14-18(10-22-24)21(26)25-13-17-4-7-19(25)15-23(12-17)11-16-5-8-20(27-2)9-6-16/h5-6,8-10,14,17,19H,3-4,7,11-13,15H2,1-2H3/t17-,19+/m0/s1. The molecule has 0 N–H and O–H groups in total. The van der Waals surface area contributed by atoms with Gasteiger partial charge in [-0.2, -0.15) is 5.10 Å². The lowest BCUT2D eigenvalue weighted by molar-refractivity contribution is 0.0585. The molecule has 0 saturated carbocycles. The smallest absolute Gasteiger partial charge is 0.257 e. The number of amides is 1. The summed E-state index contributed by atoms with van der Waals surface area (Å²) in [6.45, 7) is 6.60. The quantitative estimate of drug-likeness (QED) is 0.814. The Balaban J connectivity index is 1.45. The number of aryl methyl sites for hydroxylation is 1. The van der Waals surface area contributed by atoms with Gasteiger partial charge in [-0.3, -0.25) is 14.4 Å². The van der Waals surface area contributed by atoms with Crippen LogP contribution in [0.4, 0.5) is 0 Å². The number of methoxy groups -OCH3 is 1. The van der Waals surface area contributed by atoms with Gasteiger partial charge in [-0.1, -0.05) is 12.1 Å². The first kappa shape index (κ1) is 18.0. The van der Waals surface area contributed by atoms with E-state index >= 15 is 0 Å². The third-order valence-corrected chi connectivity index (χ3v) is 5.82. The summed E-state index contributed by atoms with van der Waals surface area (Å²) in [5.74, 6) is 1.57. The van der Waals surface area contributed by atoms with Crippen molar-refractivity contribution < 1.29 is 9.53 Å². The second kappa shape index (κ2) is 7.72. The van der Waals surface area contributed by atoms with E-state index in [1.54, 1.807) is 13.3 Å². The second-order valence-corrected chi connectivity index (χ2v) is 7.68. The van der Waals surface area contributed by atoms with Gasteiger partial charge < -0.3 is 9.64 Å². The molecular weight excluding hydrogens is 340 g/mol. The minimum atomic E-state index is 0.135. The van der Waals surface area contributed by atoms with Crippen LogP contribution in [0, 0.1) is 5.92 Å². The van der Waals surface area contributed by atoms with E-state index in [2.05, 4.69) is 27.0 Å². The molecule has 5 rings (SSSR count). The topological polar surface area (TPSA) is 50.6 Å². The summed E-state index contributed by atoms with van der Waals surface area (Å²) in [7, 11) is 1.69. The zero-order chi connectivity index (χ0) is 18.8. The number of benzene rings is 1. The third-order valence-electron chi connectivity index (χ3n) is 5.82. The van der Waals surface area contributed by atoms with Crippen LogP contribution in [-0.4, -0.2) is 58.3 Å². The van der Waals surface area contributed by atoms with Gasteiger partial charge in [-0.05, 0) is 43.4 Å². The number of piperidine rings is 1. The molecule has 2 atom stereocenters. The maximum atomic E-state index is 13.0. The molecule has 6 heteroatoms. The SMILES string of the molecule is CCn1cc(C(=O)N2C[C@H]3CC[C@@H]2CN(Cc2ccc(OC)cc2)C3)cn1. The van der Waals surface area contributed by atoms with Crippen LogP contribution in [0.15, 0.2) is 36.7 Å². The van der Waals surface area contributed by atoms with Crippen LogP contribution in [0.1, 0.15) is 35.7 Å². The molecule has 27 heavy (non-hydrogen) atoms. The normalized spacial score (nSPS) is 22.7. The average molecular weight is 368 g/mol. The minimum absolute atomic E-state index is 0.135. The highest BCUT2D eigenvalue weighted by molar-refractivity contribution is 5.94. The number of aromatic nitrogens is 2. The highest BCUT2D eigenvalue weighted by Gasteiger charge is 2.37. The predicted molar refractivity (Wildman–Crippen MR) is 104 cm³/mol. The lowest BCUT2D eigenvalue weighted by Crippen LogP contribution is -2.47. The predicted octanol–water partition coefficient (Wildman–Crippen LogP) is 2.65. The lowest BCUT2D eigenvalue weighted by atomic mass is 9.94. The summed E-state index contributed by atoms with van der Waals surface area (Å²) in [4.78, 5) is 17.7. The van der Waals surface area contributed by atoms with E-state index in [1.165, 1.54) is 12.0 Å². The molecule has 0 spiro atoms. The Morgan fingerprint density at radius 3 is 2.70 bits per heavy atom. The summed E-state index contributed by atoms with van der Waals surface area (Å²) in [5.41, 5.74) is 2.00. The maximum Gasteiger partial charge on any atom is 0.257 e. The first-order chi connectivity index (χ1) is 13.2. The molecule has 3 aliphatic heterocycles. The Morgan fingerprint density at radius 1 is 1.19 bits per heavy atom. The van der Waals surface area contributed by atoms with Crippen molar-refractivity contribution in [2.45, 2.75) is 38.9 Å². The molecule has 144 valence electrons. The summed E-state index contributed by atoms with van der Waals surface area (Å²) in [6, 6.07) is 8.59. The summed E-state index contributed by atoms with van der Waals surface area (Å²) in [5, 5.41) is 4.27. The highest BCUT2D eigenvalue weighted by atomic mass is 16.5. The number of ether oxygens (including phenoxy) is 1. The van der Waals surface area contributed by atoms with Crippen molar-refractivity contribution in [1.29, 1.82) is 0 Å². The first-order valence-corrected chi connectivity index (χ1v) is 9.85. The van der Waals surface area contributed by atoms with E-state index in [4.69, 9.17) is 4.74 Å². The van der Waals surface area contributed by atoms with Gasteiger partial charge in [0, 0.05) is 45.0 Å². The zero-order valence-electron chi connectivity index (χ0n) is 16.2. The fourth-order valence-electron chi connectivity index (χ4n) is 4.36. The third kappa shape index (κ3) is 3.86. The number of rotatable bonds is 5. The van der Waals surface area contributed by atoms with E-state index in [0.29, 0.717) is 17.5 Å². The van der Waals surface area contributed by atoms with Gasteiger partial charge in [-0.25, -0.2) is 0 Å². The molecule has 1 amide bonds. The van der Waals surface area contributed by atoms with Gasteiger partial charge in [0.2, 0.25) is 0 Å². The number of nitrogens with zero attached hydrogens (tertiary/aromatic N) is 4. The fourth-order valence-corrected chi connectivity index (χ4v) is 4.36. The van der Waals surface area contributed by atoms with Gasteiger partial charge >= 0.3 is 0 Å². The monoisotopic (exact) mass is 368 g/mol. The number of carbonyl (C=O) groups excluding carboxylic acids is 1. The fraction of sp³-hybridized carbons (Fsp3) is 0.524. The van der Waals surface area contributed by atoms with Gasteiger partial charge in [0.25, 0.3) is 5.91 Å². The van der Waals surface area contributed by atoms with E-state index < -0.39 is 0 Å². The van der Waals surface area contributed by atoms with E-state index in [0.717, 1.165) is 44.9 Å². The van der Waals surface area contributed by atoms with Crippen LogP contribution in [0.5, 0.6) is 5.75 Å². The van der Waals surface area contributed by atoms with Gasteiger partial charge in [-0.15, -0.1) is 0 Å². The molecule has 0 radical (unpaired) electrons. The average Bonchev–Trinajstić information content (AvgIpc) is 3.02.